The molecule has 164 valence electrons. The first-order chi connectivity index (χ1) is 14.8. The van der Waals surface area contributed by atoms with E-state index >= 15 is 0 Å². The summed E-state index contributed by atoms with van der Waals surface area (Å²) >= 11 is 0. The van der Waals surface area contributed by atoms with Crippen molar-refractivity contribution in [1.82, 2.24) is 10.3 Å². The number of halogens is 1. The van der Waals surface area contributed by atoms with E-state index in [1.165, 1.54) is 30.5 Å². The second-order valence-corrected chi connectivity index (χ2v) is 7.73. The summed E-state index contributed by atoms with van der Waals surface area (Å²) in [4.78, 5) is 22.7. The fourth-order valence-electron chi connectivity index (χ4n) is 3.52. The molecule has 9 heteroatoms. The van der Waals surface area contributed by atoms with Gasteiger partial charge >= 0.3 is 0 Å². The van der Waals surface area contributed by atoms with Crippen LogP contribution in [0, 0.1) is 12.7 Å². The van der Waals surface area contributed by atoms with Gasteiger partial charge in [-0.3, -0.25) is 9.78 Å². The van der Waals surface area contributed by atoms with E-state index in [9.17, 15) is 9.18 Å². The van der Waals surface area contributed by atoms with Gasteiger partial charge in [-0.1, -0.05) is 0 Å². The van der Waals surface area contributed by atoms with Crippen LogP contribution in [0.5, 0.6) is 0 Å². The quantitative estimate of drug-likeness (QED) is 0.301. The number of aliphatic imine (C=N–C) groups is 1. The minimum atomic E-state index is -0.716. The van der Waals surface area contributed by atoms with Crippen LogP contribution in [0.2, 0.25) is 0 Å². The highest BCUT2D eigenvalue weighted by atomic mass is 19.1. The molecule has 1 fully saturated rings. The van der Waals surface area contributed by atoms with Crippen molar-refractivity contribution >= 4 is 23.1 Å². The van der Waals surface area contributed by atoms with Crippen LogP contribution in [0.25, 0.3) is 0 Å². The van der Waals surface area contributed by atoms with Crippen molar-refractivity contribution in [3.63, 3.8) is 0 Å². The van der Waals surface area contributed by atoms with Crippen LogP contribution in [0.15, 0.2) is 59.5 Å². The number of primary amides is 1. The summed E-state index contributed by atoms with van der Waals surface area (Å²) in [5.74, 6) is -1.16. The standard InChI is InChI=1S/C22H28FN7O/c1-15-10-18(12-27-11-15)30-8-6-22(14-24,7-9-30)28-13-19(21(26)31)20(25)29-17-4-2-16(23)3-5-17/h2-5,10-13,28H,6-9,14,24H2,1H3,(H2,25,29)(H2,26,31)/b19-13+. The molecule has 0 saturated carbocycles. The molecule has 2 heterocycles. The number of hydrogen-bond donors (Lipinski definition) is 4. The van der Waals surface area contributed by atoms with E-state index in [4.69, 9.17) is 17.2 Å². The van der Waals surface area contributed by atoms with Crippen molar-refractivity contribution in [3.8, 4) is 0 Å². The summed E-state index contributed by atoms with van der Waals surface area (Å²) in [7, 11) is 0. The zero-order chi connectivity index (χ0) is 22.4. The summed E-state index contributed by atoms with van der Waals surface area (Å²) < 4.78 is 13.1. The zero-order valence-corrected chi connectivity index (χ0v) is 17.5. The minimum absolute atomic E-state index is 0.0439. The first-order valence-electron chi connectivity index (χ1n) is 10.1. The van der Waals surface area contributed by atoms with Crippen molar-refractivity contribution in [3.05, 3.63) is 65.9 Å². The lowest BCUT2D eigenvalue weighted by molar-refractivity contribution is -0.114. The monoisotopic (exact) mass is 425 g/mol. The Morgan fingerprint density at radius 1 is 1.26 bits per heavy atom. The largest absolute Gasteiger partial charge is 0.383 e. The predicted molar refractivity (Wildman–Crippen MR) is 120 cm³/mol. The molecule has 1 saturated heterocycles. The van der Waals surface area contributed by atoms with Gasteiger partial charge in [0, 0.05) is 32.0 Å². The molecule has 2 aromatic rings. The predicted octanol–water partition coefficient (Wildman–Crippen LogP) is 1.47. The molecule has 1 aliphatic rings. The molecule has 7 N–H and O–H groups in total. The fourth-order valence-corrected chi connectivity index (χ4v) is 3.52. The molecule has 8 nitrogen and oxygen atoms in total. The maximum atomic E-state index is 13.1. The number of anilines is 1. The Kier molecular flexibility index (Phi) is 6.86. The molecule has 0 unspecified atom stereocenters. The highest BCUT2D eigenvalue weighted by Gasteiger charge is 2.33. The summed E-state index contributed by atoms with van der Waals surface area (Å²) in [6, 6.07) is 7.56. The van der Waals surface area contributed by atoms with Gasteiger partial charge in [0.25, 0.3) is 5.91 Å². The van der Waals surface area contributed by atoms with Crippen LogP contribution in [-0.4, -0.2) is 41.9 Å². The van der Waals surface area contributed by atoms with Crippen LogP contribution in [0.4, 0.5) is 15.8 Å². The lowest BCUT2D eigenvalue weighted by Gasteiger charge is -2.42. The van der Waals surface area contributed by atoms with Crippen LogP contribution in [-0.2, 0) is 4.79 Å². The molecule has 3 rings (SSSR count). The molecular formula is C22H28FN7O. The molecule has 0 atom stereocenters. The Balaban J connectivity index is 1.73. The maximum Gasteiger partial charge on any atom is 0.253 e. The third-order valence-corrected chi connectivity index (χ3v) is 5.48. The number of hydrogen-bond acceptors (Lipinski definition) is 6. The number of piperidine rings is 1. The first-order valence-corrected chi connectivity index (χ1v) is 10.1. The number of carbonyl (C=O) groups is 1. The number of carbonyl (C=O) groups excluding carboxylic acids is 1. The van der Waals surface area contributed by atoms with Gasteiger partial charge in [0.1, 0.15) is 11.7 Å². The van der Waals surface area contributed by atoms with E-state index in [-0.39, 0.29) is 17.2 Å². The number of pyridine rings is 1. The topological polar surface area (TPSA) is 136 Å². The highest BCUT2D eigenvalue weighted by molar-refractivity contribution is 6.20. The molecule has 1 aromatic carbocycles. The van der Waals surface area contributed by atoms with Gasteiger partial charge in [0.15, 0.2) is 0 Å². The number of rotatable bonds is 7. The average molecular weight is 426 g/mol. The third-order valence-electron chi connectivity index (χ3n) is 5.48. The molecule has 0 aliphatic carbocycles. The van der Waals surface area contributed by atoms with Crippen molar-refractivity contribution in [2.75, 3.05) is 24.5 Å². The average Bonchev–Trinajstić information content (AvgIpc) is 2.75. The number of aromatic nitrogens is 1. The molecule has 0 spiro atoms. The van der Waals surface area contributed by atoms with Gasteiger partial charge in [0.2, 0.25) is 0 Å². The van der Waals surface area contributed by atoms with Crippen molar-refractivity contribution in [2.24, 2.45) is 22.2 Å². The van der Waals surface area contributed by atoms with Crippen molar-refractivity contribution in [2.45, 2.75) is 25.3 Å². The molecule has 1 aliphatic heterocycles. The Morgan fingerprint density at radius 2 is 1.94 bits per heavy atom. The number of benzene rings is 1. The Labute approximate surface area is 181 Å². The van der Waals surface area contributed by atoms with E-state index < -0.39 is 11.4 Å². The van der Waals surface area contributed by atoms with Crippen molar-refractivity contribution < 1.29 is 9.18 Å². The van der Waals surface area contributed by atoms with E-state index in [1.54, 1.807) is 0 Å². The number of nitrogens with two attached hydrogens (primary N) is 3. The Bertz CT molecular complexity index is 980. The second kappa shape index (κ2) is 9.57. The van der Waals surface area contributed by atoms with Crippen LogP contribution < -0.4 is 27.4 Å². The number of amides is 1. The molecule has 0 bridgehead atoms. The number of nitrogens with zero attached hydrogens (tertiary/aromatic N) is 3. The van der Waals surface area contributed by atoms with Crippen molar-refractivity contribution in [1.29, 1.82) is 0 Å². The number of nitrogens with one attached hydrogen (secondary N) is 1. The minimum Gasteiger partial charge on any atom is -0.383 e. The lowest BCUT2D eigenvalue weighted by atomic mass is 9.87. The molecule has 0 radical (unpaired) electrons. The Hall–Kier alpha value is -3.46. The van der Waals surface area contributed by atoms with Gasteiger partial charge in [-0.15, -0.1) is 0 Å². The van der Waals surface area contributed by atoms with Gasteiger partial charge in [-0.25, -0.2) is 9.38 Å². The molecule has 1 amide bonds. The van der Waals surface area contributed by atoms with Gasteiger partial charge < -0.3 is 27.4 Å². The van der Waals surface area contributed by atoms with Gasteiger partial charge in [-0.05, 0) is 55.7 Å². The second-order valence-electron chi connectivity index (χ2n) is 7.73. The zero-order valence-electron chi connectivity index (χ0n) is 17.5. The van der Waals surface area contributed by atoms with Crippen LogP contribution in [0.1, 0.15) is 18.4 Å². The van der Waals surface area contributed by atoms with E-state index in [0.29, 0.717) is 12.2 Å². The van der Waals surface area contributed by atoms with Gasteiger partial charge in [0.05, 0.1) is 28.7 Å². The number of aryl methyl sites for hydroxylation is 1. The fraction of sp³-hybridized carbons (Fsp3) is 0.318. The van der Waals surface area contributed by atoms with Gasteiger partial charge in [-0.2, -0.15) is 0 Å². The summed E-state index contributed by atoms with van der Waals surface area (Å²) in [5.41, 5.74) is 19.9. The van der Waals surface area contributed by atoms with E-state index in [2.05, 4.69) is 26.3 Å². The lowest BCUT2D eigenvalue weighted by Crippen LogP contribution is -2.56. The SMILES string of the molecule is Cc1cncc(N2CCC(CN)(N/C=C(/C(N)=O)C(N)=Nc3ccc(F)cc3)CC2)c1. The normalized spacial score (nSPS) is 16.8. The highest BCUT2D eigenvalue weighted by Crippen LogP contribution is 2.26. The molecule has 31 heavy (non-hydrogen) atoms. The summed E-state index contributed by atoms with van der Waals surface area (Å²) in [6.45, 7) is 3.97. The van der Waals surface area contributed by atoms with Crippen LogP contribution >= 0.6 is 0 Å². The number of amidine groups is 1. The summed E-state index contributed by atoms with van der Waals surface area (Å²) in [5, 5.41) is 3.27. The maximum absolute atomic E-state index is 13.1. The smallest absolute Gasteiger partial charge is 0.253 e. The first kappa shape index (κ1) is 22.2. The molecule has 1 aromatic heterocycles. The molecular weight excluding hydrogens is 397 g/mol. The van der Waals surface area contributed by atoms with Crippen LogP contribution in [0.3, 0.4) is 0 Å². The Morgan fingerprint density at radius 3 is 2.52 bits per heavy atom. The summed E-state index contributed by atoms with van der Waals surface area (Å²) in [6.07, 6.45) is 6.69. The van der Waals surface area contributed by atoms with E-state index in [0.717, 1.165) is 37.2 Å². The van der Waals surface area contributed by atoms with E-state index in [1.807, 2.05) is 19.3 Å². The third kappa shape index (κ3) is 5.58.